The molecule has 0 heterocycles. The molecule has 1 aromatic carbocycles. The zero-order valence-corrected chi connectivity index (χ0v) is 12.2. The van der Waals surface area contributed by atoms with Crippen molar-refractivity contribution >= 4 is 11.9 Å². The van der Waals surface area contributed by atoms with Crippen molar-refractivity contribution in [1.82, 2.24) is 5.32 Å². The number of ketones is 1. The second-order valence-corrected chi connectivity index (χ2v) is 5.49. The average molecular weight is 278 g/mol. The fraction of sp³-hybridized carbons (Fsp3) is 0.467. The van der Waals surface area contributed by atoms with Crippen LogP contribution in [0.25, 0.3) is 0 Å². The van der Waals surface area contributed by atoms with Gasteiger partial charge in [0.25, 0.3) is 0 Å². The highest BCUT2D eigenvalue weighted by Crippen LogP contribution is 2.16. The van der Waals surface area contributed by atoms with Gasteiger partial charge < -0.3 is 15.8 Å². The van der Waals surface area contributed by atoms with Crippen LogP contribution >= 0.6 is 0 Å². The van der Waals surface area contributed by atoms with E-state index in [-0.39, 0.29) is 18.7 Å². The van der Waals surface area contributed by atoms with E-state index in [0.717, 1.165) is 5.56 Å². The van der Waals surface area contributed by atoms with Crippen molar-refractivity contribution in [3.63, 3.8) is 0 Å². The Morgan fingerprint density at radius 1 is 1.25 bits per heavy atom. The van der Waals surface area contributed by atoms with Gasteiger partial charge in [-0.1, -0.05) is 30.3 Å². The molecule has 20 heavy (non-hydrogen) atoms. The summed E-state index contributed by atoms with van der Waals surface area (Å²) in [6.45, 7) is 5.56. The van der Waals surface area contributed by atoms with Crippen molar-refractivity contribution in [2.24, 2.45) is 5.73 Å². The molecule has 0 spiro atoms. The predicted octanol–water partition coefficient (Wildman–Crippen LogP) is 2.17. The molecule has 1 rings (SSSR count). The van der Waals surface area contributed by atoms with Crippen LogP contribution in [0, 0.1) is 0 Å². The first-order valence-corrected chi connectivity index (χ1v) is 6.61. The lowest BCUT2D eigenvalue weighted by Crippen LogP contribution is -2.38. The van der Waals surface area contributed by atoms with Crippen molar-refractivity contribution in [3.05, 3.63) is 35.9 Å². The number of carbonyl (C=O) groups is 2. The summed E-state index contributed by atoms with van der Waals surface area (Å²) < 4.78 is 5.18. The van der Waals surface area contributed by atoms with Crippen LogP contribution in [0.2, 0.25) is 0 Å². The van der Waals surface area contributed by atoms with Gasteiger partial charge in [0.1, 0.15) is 11.6 Å². The van der Waals surface area contributed by atoms with Crippen LogP contribution < -0.4 is 11.1 Å². The summed E-state index contributed by atoms with van der Waals surface area (Å²) >= 11 is 0. The average Bonchev–Trinajstić information content (AvgIpc) is 2.35. The van der Waals surface area contributed by atoms with Gasteiger partial charge in [-0.25, -0.2) is 4.79 Å². The first kappa shape index (κ1) is 16.2. The summed E-state index contributed by atoms with van der Waals surface area (Å²) in [6, 6.07) is 8.33. The Bertz CT molecular complexity index is 452. The molecule has 1 amide bonds. The highest BCUT2D eigenvalue weighted by Gasteiger charge is 2.24. The van der Waals surface area contributed by atoms with Gasteiger partial charge >= 0.3 is 6.09 Å². The zero-order chi connectivity index (χ0) is 15.2. The number of amides is 1. The molecule has 0 aliphatic rings. The van der Waals surface area contributed by atoms with Gasteiger partial charge in [0.05, 0.1) is 0 Å². The Hall–Kier alpha value is -1.88. The number of benzene rings is 1. The molecule has 5 nitrogen and oxygen atoms in total. The van der Waals surface area contributed by atoms with Crippen molar-refractivity contribution in [1.29, 1.82) is 0 Å². The molecule has 0 radical (unpaired) electrons. The van der Waals surface area contributed by atoms with Gasteiger partial charge in [-0.3, -0.25) is 4.79 Å². The van der Waals surface area contributed by atoms with E-state index in [0.29, 0.717) is 0 Å². The minimum Gasteiger partial charge on any atom is -0.444 e. The number of nitrogens with two attached hydrogens (primary N) is 1. The van der Waals surface area contributed by atoms with Gasteiger partial charge in [0.15, 0.2) is 5.78 Å². The monoisotopic (exact) mass is 278 g/mol. The molecule has 1 atom stereocenters. The van der Waals surface area contributed by atoms with Gasteiger partial charge in [-0.05, 0) is 32.9 Å². The number of alkyl carbamates (subject to hydrolysis) is 1. The topological polar surface area (TPSA) is 81.4 Å². The molecule has 3 N–H and O–H groups in total. The number of rotatable bonds is 5. The third-order valence-corrected chi connectivity index (χ3v) is 2.51. The van der Waals surface area contributed by atoms with E-state index in [1.165, 1.54) is 0 Å². The van der Waals surface area contributed by atoms with Crippen molar-refractivity contribution in [3.8, 4) is 0 Å². The summed E-state index contributed by atoms with van der Waals surface area (Å²) in [4.78, 5) is 23.9. The molecule has 0 aliphatic carbocycles. The van der Waals surface area contributed by atoms with Crippen LogP contribution in [0.15, 0.2) is 30.3 Å². The van der Waals surface area contributed by atoms with E-state index in [2.05, 4.69) is 5.32 Å². The standard InChI is InChI=1S/C15H22N2O3/c1-15(2,3)20-14(19)17-13(12(18)9-10-16)11-7-5-4-6-8-11/h4-8,13H,9-10,16H2,1-3H3,(H,17,19). The molecule has 5 heteroatoms. The largest absolute Gasteiger partial charge is 0.444 e. The third-order valence-electron chi connectivity index (χ3n) is 2.51. The van der Waals surface area contributed by atoms with Crippen LogP contribution in [0.1, 0.15) is 38.8 Å². The highest BCUT2D eigenvalue weighted by atomic mass is 16.6. The number of carbonyl (C=O) groups excluding carboxylic acids is 2. The summed E-state index contributed by atoms with van der Waals surface area (Å²) in [6.07, 6.45) is -0.410. The van der Waals surface area contributed by atoms with E-state index >= 15 is 0 Å². The summed E-state index contributed by atoms with van der Waals surface area (Å²) in [5, 5.41) is 2.61. The summed E-state index contributed by atoms with van der Waals surface area (Å²) in [7, 11) is 0. The number of Topliss-reactive ketones (excluding diaryl/α,β-unsaturated/α-hetero) is 1. The third kappa shape index (κ3) is 5.40. The Kier molecular flexibility index (Phi) is 5.70. The maximum atomic E-state index is 12.1. The maximum Gasteiger partial charge on any atom is 0.408 e. The molecule has 110 valence electrons. The van der Waals surface area contributed by atoms with Crippen LogP contribution in [-0.2, 0) is 9.53 Å². The molecule has 0 fully saturated rings. The number of hydrogen-bond acceptors (Lipinski definition) is 4. The fourth-order valence-electron chi connectivity index (χ4n) is 1.71. The highest BCUT2D eigenvalue weighted by molar-refractivity contribution is 5.88. The molecule has 0 bridgehead atoms. The van der Waals surface area contributed by atoms with E-state index in [4.69, 9.17) is 10.5 Å². The van der Waals surface area contributed by atoms with Gasteiger partial charge in [-0.2, -0.15) is 0 Å². The molecular weight excluding hydrogens is 256 g/mol. The maximum absolute atomic E-state index is 12.1. The fourth-order valence-corrected chi connectivity index (χ4v) is 1.71. The van der Waals surface area contributed by atoms with E-state index < -0.39 is 17.7 Å². The van der Waals surface area contributed by atoms with Crippen LogP contribution in [-0.4, -0.2) is 24.0 Å². The van der Waals surface area contributed by atoms with Crippen LogP contribution in [0.3, 0.4) is 0 Å². The number of ether oxygens (including phenoxy) is 1. The second kappa shape index (κ2) is 7.05. The normalized spacial score (nSPS) is 12.6. The molecule has 0 saturated carbocycles. The Labute approximate surface area is 119 Å². The van der Waals surface area contributed by atoms with Crippen molar-refractivity contribution in [2.45, 2.75) is 38.8 Å². The first-order chi connectivity index (χ1) is 9.33. The summed E-state index contributed by atoms with van der Waals surface area (Å²) in [5.41, 5.74) is 5.52. The minimum atomic E-state index is -0.727. The van der Waals surface area contributed by atoms with E-state index in [1.807, 2.05) is 18.2 Å². The molecule has 1 unspecified atom stereocenters. The van der Waals surface area contributed by atoms with E-state index in [9.17, 15) is 9.59 Å². The van der Waals surface area contributed by atoms with Crippen molar-refractivity contribution in [2.75, 3.05) is 6.54 Å². The predicted molar refractivity (Wildman–Crippen MR) is 77.2 cm³/mol. The number of hydrogen-bond donors (Lipinski definition) is 2. The lowest BCUT2D eigenvalue weighted by molar-refractivity contribution is -0.121. The van der Waals surface area contributed by atoms with E-state index in [1.54, 1.807) is 32.9 Å². The molecule has 0 aromatic heterocycles. The van der Waals surface area contributed by atoms with Gasteiger partial charge in [0.2, 0.25) is 0 Å². The summed E-state index contributed by atoms with van der Waals surface area (Å²) in [5.74, 6) is -0.135. The van der Waals surface area contributed by atoms with Gasteiger partial charge in [-0.15, -0.1) is 0 Å². The van der Waals surface area contributed by atoms with Gasteiger partial charge in [0, 0.05) is 6.42 Å². The Morgan fingerprint density at radius 3 is 2.35 bits per heavy atom. The zero-order valence-electron chi connectivity index (χ0n) is 12.2. The Balaban J connectivity index is 2.84. The lowest BCUT2D eigenvalue weighted by Gasteiger charge is -2.23. The molecular formula is C15H22N2O3. The second-order valence-electron chi connectivity index (χ2n) is 5.49. The SMILES string of the molecule is CC(C)(C)OC(=O)NC(C(=O)CCN)c1ccccc1. The van der Waals surface area contributed by atoms with Crippen LogP contribution in [0.5, 0.6) is 0 Å². The quantitative estimate of drug-likeness (QED) is 0.865. The molecule has 1 aromatic rings. The van der Waals surface area contributed by atoms with Crippen LogP contribution in [0.4, 0.5) is 4.79 Å². The number of nitrogens with one attached hydrogen (secondary N) is 1. The smallest absolute Gasteiger partial charge is 0.408 e. The first-order valence-electron chi connectivity index (χ1n) is 6.61. The Morgan fingerprint density at radius 2 is 1.85 bits per heavy atom. The van der Waals surface area contributed by atoms with Crippen molar-refractivity contribution < 1.29 is 14.3 Å². The molecule has 0 saturated heterocycles. The lowest BCUT2D eigenvalue weighted by atomic mass is 10.0. The molecule has 0 aliphatic heterocycles. The minimum absolute atomic E-state index is 0.135.